The summed E-state index contributed by atoms with van der Waals surface area (Å²) in [6, 6.07) is 21.7. The first-order chi connectivity index (χ1) is 10.5. The van der Waals surface area contributed by atoms with Crippen LogP contribution in [0.3, 0.4) is 0 Å². The van der Waals surface area contributed by atoms with E-state index in [-0.39, 0.29) is 12.0 Å². The summed E-state index contributed by atoms with van der Waals surface area (Å²) in [6.45, 7) is 4.63. The van der Waals surface area contributed by atoms with Crippen LogP contribution in [0.5, 0.6) is 0 Å². The van der Waals surface area contributed by atoms with E-state index >= 15 is 0 Å². The van der Waals surface area contributed by atoms with Crippen molar-refractivity contribution < 1.29 is 9.90 Å². The minimum absolute atomic E-state index is 0.243. The van der Waals surface area contributed by atoms with Crippen LogP contribution in [0.15, 0.2) is 60.7 Å². The van der Waals surface area contributed by atoms with Gasteiger partial charge in [0, 0.05) is 6.42 Å². The van der Waals surface area contributed by atoms with Crippen molar-refractivity contribution in [1.29, 1.82) is 0 Å². The number of benzene rings is 2. The van der Waals surface area contributed by atoms with Gasteiger partial charge in [0.1, 0.15) is 0 Å². The summed E-state index contributed by atoms with van der Waals surface area (Å²) in [5.74, 6) is -0.686. The number of aliphatic carboxylic acids is 1. The minimum Gasteiger partial charge on any atom is -0.481 e. The molecule has 0 spiro atoms. The maximum atomic E-state index is 11.3. The summed E-state index contributed by atoms with van der Waals surface area (Å²) >= 11 is 0. The normalized spacial score (nSPS) is 12.8. The van der Waals surface area contributed by atoms with E-state index in [1.165, 1.54) is 11.1 Å². The van der Waals surface area contributed by atoms with E-state index in [0.29, 0.717) is 0 Å². The van der Waals surface area contributed by atoms with Crippen LogP contribution in [-0.2, 0) is 17.3 Å². The van der Waals surface area contributed by atoms with Crippen molar-refractivity contribution in [1.82, 2.24) is 0 Å². The van der Waals surface area contributed by atoms with Crippen LogP contribution in [0.2, 0.25) is 18.6 Å². The van der Waals surface area contributed by atoms with E-state index in [4.69, 9.17) is 0 Å². The number of carboxylic acids is 1. The van der Waals surface area contributed by atoms with Gasteiger partial charge in [-0.05, 0) is 23.6 Å². The van der Waals surface area contributed by atoms with Crippen LogP contribution in [0, 0.1) is 0 Å². The largest absolute Gasteiger partial charge is 0.481 e. The molecular weight excluding hydrogens is 288 g/mol. The first-order valence-corrected chi connectivity index (χ1v) is 11.1. The van der Waals surface area contributed by atoms with Gasteiger partial charge in [-0.3, -0.25) is 4.79 Å². The highest BCUT2D eigenvalue weighted by Gasteiger charge is 2.33. The van der Waals surface area contributed by atoms with Crippen molar-refractivity contribution >= 4 is 14.0 Å². The molecule has 0 aliphatic carbocycles. The predicted octanol–water partition coefficient (Wildman–Crippen LogP) is 4.56. The Hall–Kier alpha value is -1.87. The molecule has 2 rings (SSSR count). The molecule has 0 bridgehead atoms. The fourth-order valence-electron chi connectivity index (χ4n) is 3.00. The summed E-state index contributed by atoms with van der Waals surface area (Å²) in [4.78, 5) is 11.3. The van der Waals surface area contributed by atoms with Gasteiger partial charge in [-0.25, -0.2) is 0 Å². The Morgan fingerprint density at radius 1 is 0.955 bits per heavy atom. The first-order valence-electron chi connectivity index (χ1n) is 7.77. The van der Waals surface area contributed by atoms with Gasteiger partial charge in [0.25, 0.3) is 0 Å². The molecule has 0 aliphatic rings. The molecule has 1 unspecified atom stereocenters. The van der Waals surface area contributed by atoms with E-state index < -0.39 is 14.0 Å². The van der Waals surface area contributed by atoms with Gasteiger partial charge in [0.15, 0.2) is 0 Å². The van der Waals surface area contributed by atoms with Gasteiger partial charge < -0.3 is 5.11 Å². The standard InChI is InChI=1S/C19H24O2Si/c1-22(2,15-17-11-7-4-8-12-17)18(14-19(20)21)13-16-9-5-3-6-10-16/h3-12,18H,13-15H2,1-2H3,(H,20,21). The van der Waals surface area contributed by atoms with E-state index in [1.807, 2.05) is 24.3 Å². The van der Waals surface area contributed by atoms with Gasteiger partial charge >= 0.3 is 5.97 Å². The zero-order valence-electron chi connectivity index (χ0n) is 13.3. The second-order valence-corrected chi connectivity index (χ2v) is 11.8. The Balaban J connectivity index is 2.17. The summed E-state index contributed by atoms with van der Waals surface area (Å²) in [6.07, 6.45) is 1.13. The second-order valence-electron chi connectivity index (χ2n) is 6.64. The number of carboxylic acid groups (broad SMARTS) is 1. The maximum absolute atomic E-state index is 11.3. The van der Waals surface area contributed by atoms with Crippen molar-refractivity contribution in [3.63, 3.8) is 0 Å². The number of rotatable bonds is 7. The Bertz CT molecular complexity index is 593. The minimum atomic E-state index is -1.70. The summed E-state index contributed by atoms with van der Waals surface area (Å²) in [7, 11) is -1.70. The zero-order chi connectivity index (χ0) is 16.0. The molecule has 1 atom stereocenters. The van der Waals surface area contributed by atoms with Crippen molar-refractivity contribution in [2.45, 2.75) is 37.5 Å². The molecule has 3 heteroatoms. The SMILES string of the molecule is C[Si](C)(Cc1ccccc1)C(CC(=O)O)Cc1ccccc1. The summed E-state index contributed by atoms with van der Waals surface area (Å²) in [5, 5.41) is 9.31. The van der Waals surface area contributed by atoms with Gasteiger partial charge in [0.05, 0.1) is 8.07 Å². The highest BCUT2D eigenvalue weighted by Crippen LogP contribution is 2.32. The number of hydrogen-bond donors (Lipinski definition) is 1. The van der Waals surface area contributed by atoms with Crippen molar-refractivity contribution in [3.05, 3.63) is 71.8 Å². The topological polar surface area (TPSA) is 37.3 Å². The quantitative estimate of drug-likeness (QED) is 0.761. The van der Waals surface area contributed by atoms with E-state index in [2.05, 4.69) is 49.5 Å². The maximum Gasteiger partial charge on any atom is 0.303 e. The average Bonchev–Trinajstić information content (AvgIpc) is 2.48. The second kappa shape index (κ2) is 7.41. The van der Waals surface area contributed by atoms with Crippen LogP contribution < -0.4 is 0 Å². The average molecular weight is 312 g/mol. The van der Waals surface area contributed by atoms with Gasteiger partial charge in [-0.15, -0.1) is 0 Å². The van der Waals surface area contributed by atoms with Crippen LogP contribution in [-0.4, -0.2) is 19.1 Å². The molecular formula is C19H24O2Si. The Kier molecular flexibility index (Phi) is 5.55. The fourth-order valence-corrected chi connectivity index (χ4v) is 6.09. The molecule has 0 fully saturated rings. The molecule has 0 heterocycles. The monoisotopic (exact) mass is 312 g/mol. The lowest BCUT2D eigenvalue weighted by Crippen LogP contribution is -2.38. The van der Waals surface area contributed by atoms with Gasteiger partial charge in [-0.1, -0.05) is 79.3 Å². The molecule has 2 aromatic carbocycles. The molecule has 0 amide bonds. The molecule has 2 nitrogen and oxygen atoms in total. The van der Waals surface area contributed by atoms with Gasteiger partial charge in [-0.2, -0.15) is 0 Å². The summed E-state index contributed by atoms with van der Waals surface area (Å²) < 4.78 is 0. The first kappa shape index (κ1) is 16.5. The Morgan fingerprint density at radius 2 is 1.45 bits per heavy atom. The van der Waals surface area contributed by atoms with E-state index in [0.717, 1.165) is 12.5 Å². The fraction of sp³-hybridized carbons (Fsp3) is 0.316. The highest BCUT2D eigenvalue weighted by atomic mass is 28.3. The van der Waals surface area contributed by atoms with E-state index in [9.17, 15) is 9.90 Å². The lowest BCUT2D eigenvalue weighted by atomic mass is 10.1. The third kappa shape index (κ3) is 4.85. The Morgan fingerprint density at radius 3 is 1.95 bits per heavy atom. The molecule has 0 saturated heterocycles. The molecule has 1 N–H and O–H groups in total. The molecule has 0 radical (unpaired) electrons. The highest BCUT2D eigenvalue weighted by molar-refractivity contribution is 6.78. The molecule has 116 valence electrons. The molecule has 0 aromatic heterocycles. The smallest absolute Gasteiger partial charge is 0.303 e. The molecule has 2 aromatic rings. The molecule has 22 heavy (non-hydrogen) atoms. The molecule has 0 saturated carbocycles. The zero-order valence-corrected chi connectivity index (χ0v) is 14.3. The number of carbonyl (C=O) groups is 1. The lowest BCUT2D eigenvalue weighted by Gasteiger charge is -2.32. The van der Waals surface area contributed by atoms with Crippen LogP contribution in [0.1, 0.15) is 17.5 Å². The van der Waals surface area contributed by atoms with Crippen molar-refractivity contribution in [2.24, 2.45) is 0 Å². The van der Waals surface area contributed by atoms with E-state index in [1.54, 1.807) is 0 Å². The third-order valence-corrected chi connectivity index (χ3v) is 8.29. The predicted molar refractivity (Wildman–Crippen MR) is 93.8 cm³/mol. The molecule has 0 aliphatic heterocycles. The van der Waals surface area contributed by atoms with Crippen LogP contribution in [0.4, 0.5) is 0 Å². The van der Waals surface area contributed by atoms with Crippen LogP contribution in [0.25, 0.3) is 0 Å². The lowest BCUT2D eigenvalue weighted by molar-refractivity contribution is -0.137. The van der Waals surface area contributed by atoms with Crippen LogP contribution >= 0.6 is 0 Å². The third-order valence-electron chi connectivity index (χ3n) is 4.35. The van der Waals surface area contributed by atoms with Crippen molar-refractivity contribution in [2.75, 3.05) is 0 Å². The summed E-state index contributed by atoms with van der Waals surface area (Å²) in [5.41, 5.74) is 2.80. The number of hydrogen-bond acceptors (Lipinski definition) is 1. The van der Waals surface area contributed by atoms with Gasteiger partial charge in [0.2, 0.25) is 0 Å². The Labute approximate surface area is 133 Å². The van der Waals surface area contributed by atoms with Crippen molar-refractivity contribution in [3.8, 4) is 0 Å².